The number of benzene rings is 3. The number of likely N-dealkylation sites (tertiary alicyclic amines) is 1. The topological polar surface area (TPSA) is 65.2 Å². The Morgan fingerprint density at radius 3 is 2.31 bits per heavy atom. The van der Waals surface area contributed by atoms with E-state index in [9.17, 15) is 14.0 Å². The highest BCUT2D eigenvalue weighted by molar-refractivity contribution is 6.09. The van der Waals surface area contributed by atoms with Crippen molar-refractivity contribution in [2.24, 2.45) is 5.92 Å². The van der Waals surface area contributed by atoms with E-state index in [4.69, 9.17) is 0 Å². The average molecular weight is 526 g/mol. The van der Waals surface area contributed by atoms with Gasteiger partial charge in [-0.2, -0.15) is 0 Å². The lowest BCUT2D eigenvalue weighted by Crippen LogP contribution is -2.36. The molecule has 39 heavy (non-hydrogen) atoms. The van der Waals surface area contributed by atoms with Crippen molar-refractivity contribution in [1.82, 2.24) is 15.2 Å². The Morgan fingerprint density at radius 1 is 0.846 bits per heavy atom. The summed E-state index contributed by atoms with van der Waals surface area (Å²) in [6.07, 6.45) is 5.97. The lowest BCUT2D eigenvalue weighted by atomic mass is 9.89. The number of nitrogens with zero attached hydrogens (tertiary/aromatic N) is 1. The van der Waals surface area contributed by atoms with Crippen LogP contribution in [-0.2, 0) is 0 Å². The van der Waals surface area contributed by atoms with Crippen LogP contribution in [0.1, 0.15) is 59.4 Å². The first kappa shape index (κ1) is 26.8. The Balaban J connectivity index is 1.01. The fourth-order valence-electron chi connectivity index (χ4n) is 5.59. The monoisotopic (exact) mass is 525 g/mol. The molecule has 0 bridgehead atoms. The molecular formula is C33H36FN3O2. The van der Waals surface area contributed by atoms with Crippen LogP contribution in [0.3, 0.4) is 0 Å². The molecule has 4 aromatic rings. The van der Waals surface area contributed by atoms with Crippen LogP contribution in [0, 0.1) is 11.7 Å². The van der Waals surface area contributed by atoms with E-state index < -0.39 is 0 Å². The number of rotatable bonds is 11. The van der Waals surface area contributed by atoms with Gasteiger partial charge in [0, 0.05) is 34.5 Å². The molecule has 5 rings (SSSR count). The van der Waals surface area contributed by atoms with Crippen molar-refractivity contribution >= 4 is 22.6 Å². The summed E-state index contributed by atoms with van der Waals surface area (Å²) in [7, 11) is 0. The smallest absolute Gasteiger partial charge is 0.268 e. The summed E-state index contributed by atoms with van der Waals surface area (Å²) in [6.45, 7) is 3.56. The fourth-order valence-corrected chi connectivity index (χ4v) is 5.59. The normalized spacial score (nSPS) is 14.5. The van der Waals surface area contributed by atoms with Crippen LogP contribution in [0.15, 0.2) is 78.9 Å². The summed E-state index contributed by atoms with van der Waals surface area (Å²) in [6, 6.07) is 24.0. The molecule has 1 aliphatic heterocycles. The van der Waals surface area contributed by atoms with Crippen LogP contribution >= 0.6 is 0 Å². The van der Waals surface area contributed by atoms with E-state index in [-0.39, 0.29) is 23.4 Å². The van der Waals surface area contributed by atoms with Crippen LogP contribution in [0.5, 0.6) is 0 Å². The highest BCUT2D eigenvalue weighted by Gasteiger charge is 2.25. The quantitative estimate of drug-likeness (QED) is 0.166. The van der Waals surface area contributed by atoms with Gasteiger partial charge in [0.1, 0.15) is 11.5 Å². The van der Waals surface area contributed by atoms with Crippen LogP contribution in [-0.4, -0.2) is 47.8 Å². The molecule has 1 amide bonds. The summed E-state index contributed by atoms with van der Waals surface area (Å²) in [5.74, 6) is -0.201. The van der Waals surface area contributed by atoms with Gasteiger partial charge in [-0.3, -0.25) is 9.59 Å². The standard InChI is InChI=1S/C33H36FN3O2/c34-27-16-14-25(15-17-27)32(38)26-18-22-37(23-19-26)21-9-2-1-8-20-35-33(39)31-30(24-10-4-3-5-11-24)28-12-6-7-13-29(28)36-31/h3-7,10-17,26,36H,1-2,8-9,18-23H2,(H,35,39). The minimum atomic E-state index is -0.310. The number of para-hydroxylation sites is 1. The van der Waals surface area contributed by atoms with E-state index in [0.717, 1.165) is 80.2 Å². The Kier molecular flexibility index (Phi) is 8.84. The molecule has 0 unspecified atom stereocenters. The first-order valence-corrected chi connectivity index (χ1v) is 14.1. The van der Waals surface area contributed by atoms with Gasteiger partial charge in [-0.1, -0.05) is 61.4 Å². The molecule has 2 N–H and O–H groups in total. The highest BCUT2D eigenvalue weighted by Crippen LogP contribution is 2.32. The SMILES string of the molecule is O=C(NCCCCCCN1CCC(C(=O)c2ccc(F)cc2)CC1)c1[nH]c2ccccc2c1-c1ccccc1. The first-order chi connectivity index (χ1) is 19.1. The summed E-state index contributed by atoms with van der Waals surface area (Å²) >= 11 is 0. The molecule has 5 nitrogen and oxygen atoms in total. The maximum absolute atomic E-state index is 13.1. The molecule has 0 aliphatic carbocycles. The zero-order valence-corrected chi connectivity index (χ0v) is 22.3. The lowest BCUT2D eigenvalue weighted by Gasteiger charge is -2.31. The minimum absolute atomic E-state index is 0.0370. The van der Waals surface area contributed by atoms with Crippen molar-refractivity contribution in [3.63, 3.8) is 0 Å². The maximum atomic E-state index is 13.1. The zero-order valence-electron chi connectivity index (χ0n) is 22.3. The Bertz CT molecular complexity index is 1390. The van der Waals surface area contributed by atoms with Gasteiger partial charge in [0.25, 0.3) is 5.91 Å². The third-order valence-electron chi connectivity index (χ3n) is 7.77. The Morgan fingerprint density at radius 2 is 1.54 bits per heavy atom. The predicted octanol–water partition coefficient (Wildman–Crippen LogP) is 6.86. The van der Waals surface area contributed by atoms with Gasteiger partial charge < -0.3 is 15.2 Å². The molecule has 0 saturated carbocycles. The van der Waals surface area contributed by atoms with E-state index in [1.165, 1.54) is 12.1 Å². The van der Waals surface area contributed by atoms with Crippen LogP contribution in [0.25, 0.3) is 22.0 Å². The molecular weight excluding hydrogens is 489 g/mol. The van der Waals surface area contributed by atoms with Gasteiger partial charge in [0.2, 0.25) is 0 Å². The maximum Gasteiger partial charge on any atom is 0.268 e. The minimum Gasteiger partial charge on any atom is -0.351 e. The van der Waals surface area contributed by atoms with Crippen molar-refractivity contribution < 1.29 is 14.0 Å². The molecule has 3 aromatic carbocycles. The van der Waals surface area contributed by atoms with Crippen LogP contribution < -0.4 is 5.32 Å². The van der Waals surface area contributed by atoms with E-state index >= 15 is 0 Å². The van der Waals surface area contributed by atoms with Gasteiger partial charge in [-0.25, -0.2) is 4.39 Å². The number of hydrogen-bond acceptors (Lipinski definition) is 3. The number of unbranched alkanes of at least 4 members (excludes halogenated alkanes) is 3. The number of nitrogens with one attached hydrogen (secondary N) is 2. The number of halogens is 1. The van der Waals surface area contributed by atoms with Crippen molar-refractivity contribution in [3.05, 3.63) is 95.9 Å². The number of aromatic nitrogens is 1. The number of fused-ring (bicyclic) bond motifs is 1. The zero-order chi connectivity index (χ0) is 27.0. The molecule has 1 saturated heterocycles. The third kappa shape index (κ3) is 6.63. The molecule has 1 fully saturated rings. The number of hydrogen-bond donors (Lipinski definition) is 2. The second kappa shape index (κ2) is 12.9. The van der Waals surface area contributed by atoms with E-state index in [0.29, 0.717) is 17.8 Å². The number of H-pyrrole nitrogens is 1. The van der Waals surface area contributed by atoms with Gasteiger partial charge in [0.05, 0.1) is 0 Å². The fraction of sp³-hybridized carbons (Fsp3) is 0.333. The Labute approximate surface area is 229 Å². The number of amides is 1. The summed E-state index contributed by atoms with van der Waals surface area (Å²) < 4.78 is 13.1. The van der Waals surface area contributed by atoms with Gasteiger partial charge in [-0.05, 0) is 81.2 Å². The van der Waals surface area contributed by atoms with E-state index in [1.54, 1.807) is 12.1 Å². The van der Waals surface area contributed by atoms with Gasteiger partial charge in [-0.15, -0.1) is 0 Å². The lowest BCUT2D eigenvalue weighted by molar-refractivity contribution is 0.0838. The number of aromatic amines is 1. The van der Waals surface area contributed by atoms with Crippen LogP contribution in [0.2, 0.25) is 0 Å². The van der Waals surface area contributed by atoms with Crippen molar-refractivity contribution in [2.45, 2.75) is 38.5 Å². The molecule has 202 valence electrons. The van der Waals surface area contributed by atoms with Crippen molar-refractivity contribution in [3.8, 4) is 11.1 Å². The van der Waals surface area contributed by atoms with Crippen molar-refractivity contribution in [2.75, 3.05) is 26.2 Å². The Hall–Kier alpha value is -3.77. The number of ketones is 1. The predicted molar refractivity (Wildman–Crippen MR) is 154 cm³/mol. The molecule has 0 atom stereocenters. The number of carbonyl (C=O) groups is 2. The van der Waals surface area contributed by atoms with E-state index in [2.05, 4.69) is 21.3 Å². The number of Topliss-reactive ketones (excluding diaryl/α,β-unsaturated/α-hetero) is 1. The third-order valence-corrected chi connectivity index (χ3v) is 7.77. The highest BCUT2D eigenvalue weighted by atomic mass is 19.1. The van der Waals surface area contributed by atoms with Gasteiger partial charge >= 0.3 is 0 Å². The summed E-state index contributed by atoms with van der Waals surface area (Å²) in [5.41, 5.74) is 4.17. The summed E-state index contributed by atoms with van der Waals surface area (Å²) in [5, 5.41) is 4.16. The average Bonchev–Trinajstić information content (AvgIpc) is 3.37. The molecule has 2 heterocycles. The number of piperidine rings is 1. The summed E-state index contributed by atoms with van der Waals surface area (Å²) in [4.78, 5) is 31.5. The first-order valence-electron chi connectivity index (χ1n) is 14.1. The molecule has 1 aliphatic rings. The second-order valence-electron chi connectivity index (χ2n) is 10.4. The number of carbonyl (C=O) groups excluding carboxylic acids is 2. The molecule has 0 radical (unpaired) electrons. The van der Waals surface area contributed by atoms with Crippen molar-refractivity contribution in [1.29, 1.82) is 0 Å². The largest absolute Gasteiger partial charge is 0.351 e. The molecule has 1 aromatic heterocycles. The van der Waals surface area contributed by atoms with Gasteiger partial charge in [0.15, 0.2) is 5.78 Å². The second-order valence-corrected chi connectivity index (χ2v) is 10.4. The molecule has 0 spiro atoms. The molecule has 6 heteroatoms. The van der Waals surface area contributed by atoms with Crippen LogP contribution in [0.4, 0.5) is 4.39 Å². The van der Waals surface area contributed by atoms with E-state index in [1.807, 2.05) is 48.5 Å².